The molecule has 13 rings (SSSR count). The number of nitrogens with zero attached hydrogens (tertiary/aromatic N) is 4. The van der Waals surface area contributed by atoms with Crippen molar-refractivity contribution in [1.82, 2.24) is 19.9 Å². The minimum Gasteiger partial charge on any atom is -0.247 e. The van der Waals surface area contributed by atoms with Gasteiger partial charge in [-0.3, -0.25) is 0 Å². The molecule has 0 atom stereocenters. The first-order valence-electron chi connectivity index (χ1n) is 21.6. The molecular formula is C59H36N4S. The molecule has 0 amide bonds. The number of fused-ring (bicyclic) bond motifs is 13. The van der Waals surface area contributed by atoms with E-state index < -0.39 is 5.41 Å². The fraction of sp³-hybridized carbons (Fsp3) is 0.0169. The van der Waals surface area contributed by atoms with Crippen LogP contribution in [0, 0.1) is 0 Å². The lowest BCUT2D eigenvalue weighted by Crippen LogP contribution is -2.32. The Labute approximate surface area is 375 Å². The van der Waals surface area contributed by atoms with E-state index in [1.807, 2.05) is 72.4 Å². The van der Waals surface area contributed by atoms with Gasteiger partial charge >= 0.3 is 0 Å². The monoisotopic (exact) mass is 832 g/mol. The van der Waals surface area contributed by atoms with Gasteiger partial charge in [-0.1, -0.05) is 206 Å². The van der Waals surface area contributed by atoms with Crippen LogP contribution in [0.25, 0.3) is 89.4 Å². The fourth-order valence-corrected chi connectivity index (χ4v) is 11.5. The molecule has 0 fully saturated rings. The smallest absolute Gasteiger partial charge is 0.164 e. The molecule has 298 valence electrons. The Morgan fingerprint density at radius 1 is 0.328 bits per heavy atom. The second kappa shape index (κ2) is 14.6. The highest BCUT2D eigenvalue weighted by Crippen LogP contribution is 2.63. The average molecular weight is 833 g/mol. The number of rotatable bonds is 5. The summed E-state index contributed by atoms with van der Waals surface area (Å²) < 4.78 is 0. The van der Waals surface area contributed by atoms with Gasteiger partial charge in [0.2, 0.25) is 0 Å². The topological polar surface area (TPSA) is 51.6 Å². The Morgan fingerprint density at radius 2 is 0.828 bits per heavy atom. The van der Waals surface area contributed by atoms with Gasteiger partial charge in [0.05, 0.1) is 16.6 Å². The SMILES string of the molecule is c1ccc(-c2nc(-c3ccccc3)nc(-c3cccc(-c4cccc(-c5nc6ccccc6c6c7c(ccc56)C5(c6ccccc6S7)c6ccccc6-c6ccccc65)c4)c3)n2)cc1. The molecule has 0 saturated carbocycles. The molecule has 4 nitrogen and oxygen atoms in total. The third kappa shape index (κ3) is 5.57. The van der Waals surface area contributed by atoms with Gasteiger partial charge in [0.1, 0.15) is 0 Å². The van der Waals surface area contributed by atoms with Crippen molar-refractivity contribution >= 4 is 33.4 Å². The van der Waals surface area contributed by atoms with E-state index in [2.05, 4.69) is 158 Å². The van der Waals surface area contributed by atoms with Crippen molar-refractivity contribution in [2.45, 2.75) is 15.2 Å². The van der Waals surface area contributed by atoms with Crippen molar-refractivity contribution in [1.29, 1.82) is 0 Å². The van der Waals surface area contributed by atoms with Crippen LogP contribution < -0.4 is 0 Å². The lowest BCUT2D eigenvalue weighted by Gasteiger charge is -2.40. The van der Waals surface area contributed by atoms with Crippen molar-refractivity contribution in [3.05, 3.63) is 241 Å². The molecule has 11 aromatic rings. The van der Waals surface area contributed by atoms with Crippen molar-refractivity contribution in [2.75, 3.05) is 0 Å². The van der Waals surface area contributed by atoms with Gasteiger partial charge in [-0.15, -0.1) is 0 Å². The van der Waals surface area contributed by atoms with Crippen molar-refractivity contribution in [3.8, 4) is 67.7 Å². The summed E-state index contributed by atoms with van der Waals surface area (Å²) in [5.74, 6) is 1.91. The summed E-state index contributed by atoms with van der Waals surface area (Å²) in [7, 11) is 0. The molecule has 2 aliphatic rings. The first-order chi connectivity index (χ1) is 31.7. The van der Waals surface area contributed by atoms with E-state index in [-0.39, 0.29) is 0 Å². The van der Waals surface area contributed by atoms with Crippen LogP contribution in [0.2, 0.25) is 0 Å². The van der Waals surface area contributed by atoms with Gasteiger partial charge in [0, 0.05) is 48.2 Å². The molecule has 1 spiro atoms. The standard InChI is InChI=1S/C59H36N4S/c1-3-17-37(18-4-1)56-61-57(38-19-5-2-6-20-38)63-58(62-56)42-24-16-22-40(36-42)39-21-15-23-41(35-39)54-46-33-34-50-55(53(46)45-27-9-13-31-51(45)60-54)64-52-32-14-12-30-49(52)59(50)47-28-10-7-25-43(47)44-26-8-11-29-48(44)59/h1-36H. The lowest BCUT2D eigenvalue weighted by atomic mass is 9.67. The molecule has 0 bridgehead atoms. The van der Waals surface area contributed by atoms with E-state index in [1.54, 1.807) is 0 Å². The summed E-state index contributed by atoms with van der Waals surface area (Å²) in [4.78, 5) is 23.0. The highest BCUT2D eigenvalue weighted by Gasteiger charge is 2.50. The van der Waals surface area contributed by atoms with E-state index in [9.17, 15) is 0 Å². The summed E-state index contributed by atoms with van der Waals surface area (Å²) in [6.07, 6.45) is 0. The maximum absolute atomic E-state index is 5.47. The molecular weight excluding hydrogens is 797 g/mol. The molecule has 1 aliphatic carbocycles. The molecule has 0 saturated heterocycles. The average Bonchev–Trinajstić information content (AvgIpc) is 3.67. The number of para-hydroxylation sites is 1. The van der Waals surface area contributed by atoms with Crippen LogP contribution in [0.4, 0.5) is 0 Å². The first kappa shape index (κ1) is 36.6. The Balaban J connectivity index is 0.985. The van der Waals surface area contributed by atoms with E-state index in [0.29, 0.717) is 17.5 Å². The predicted octanol–water partition coefficient (Wildman–Crippen LogP) is 14.7. The van der Waals surface area contributed by atoms with E-state index >= 15 is 0 Å². The van der Waals surface area contributed by atoms with Crippen LogP contribution in [0.5, 0.6) is 0 Å². The number of aromatic nitrogens is 4. The minimum absolute atomic E-state index is 0.462. The third-order valence-corrected chi connectivity index (χ3v) is 14.2. The normalized spacial score (nSPS) is 13.1. The Morgan fingerprint density at radius 3 is 1.50 bits per heavy atom. The van der Waals surface area contributed by atoms with Crippen LogP contribution in [-0.2, 0) is 5.41 Å². The second-order valence-corrected chi connectivity index (χ2v) is 17.5. The molecule has 0 unspecified atom stereocenters. The van der Waals surface area contributed by atoms with Gasteiger partial charge in [0.25, 0.3) is 0 Å². The van der Waals surface area contributed by atoms with Gasteiger partial charge < -0.3 is 0 Å². The summed E-state index contributed by atoms with van der Waals surface area (Å²) in [5.41, 5.74) is 15.4. The number of benzene rings is 9. The Kier molecular flexibility index (Phi) is 8.33. The third-order valence-electron chi connectivity index (χ3n) is 13.0. The van der Waals surface area contributed by atoms with Gasteiger partial charge in [-0.25, -0.2) is 19.9 Å². The van der Waals surface area contributed by atoms with Crippen LogP contribution in [0.3, 0.4) is 0 Å². The van der Waals surface area contributed by atoms with Crippen LogP contribution >= 0.6 is 11.8 Å². The highest BCUT2D eigenvalue weighted by atomic mass is 32.2. The van der Waals surface area contributed by atoms with Gasteiger partial charge in [0.15, 0.2) is 17.5 Å². The summed E-state index contributed by atoms with van der Waals surface area (Å²) in [5, 5.41) is 3.53. The quantitative estimate of drug-likeness (QED) is 0.162. The summed E-state index contributed by atoms with van der Waals surface area (Å²) >= 11 is 1.90. The van der Waals surface area contributed by atoms with Gasteiger partial charge in [-0.2, -0.15) is 0 Å². The van der Waals surface area contributed by atoms with Crippen LogP contribution in [0.1, 0.15) is 22.3 Å². The van der Waals surface area contributed by atoms with E-state index in [1.165, 1.54) is 48.6 Å². The van der Waals surface area contributed by atoms with Crippen molar-refractivity contribution in [3.63, 3.8) is 0 Å². The maximum Gasteiger partial charge on any atom is 0.164 e. The van der Waals surface area contributed by atoms with Crippen LogP contribution in [0.15, 0.2) is 228 Å². The predicted molar refractivity (Wildman–Crippen MR) is 261 cm³/mol. The Bertz CT molecular complexity index is 3560. The molecule has 2 aromatic heterocycles. The number of hydrogen-bond donors (Lipinski definition) is 0. The number of hydrogen-bond acceptors (Lipinski definition) is 5. The second-order valence-electron chi connectivity index (χ2n) is 16.5. The van der Waals surface area contributed by atoms with Gasteiger partial charge in [-0.05, 0) is 68.8 Å². The molecule has 1 aliphatic heterocycles. The minimum atomic E-state index is -0.462. The largest absolute Gasteiger partial charge is 0.247 e. The Hall–Kier alpha value is -7.99. The lowest BCUT2D eigenvalue weighted by molar-refractivity contribution is 0.726. The molecule has 0 N–H and O–H groups in total. The zero-order valence-corrected chi connectivity index (χ0v) is 35.3. The maximum atomic E-state index is 5.47. The van der Waals surface area contributed by atoms with Crippen molar-refractivity contribution in [2.24, 2.45) is 0 Å². The molecule has 9 aromatic carbocycles. The summed E-state index contributed by atoms with van der Waals surface area (Å²) in [6, 6.07) is 78.0. The highest BCUT2D eigenvalue weighted by molar-refractivity contribution is 7.99. The zero-order chi connectivity index (χ0) is 42.2. The molecule has 64 heavy (non-hydrogen) atoms. The molecule has 5 heteroatoms. The van der Waals surface area contributed by atoms with E-state index in [4.69, 9.17) is 19.9 Å². The van der Waals surface area contributed by atoms with E-state index in [0.717, 1.165) is 55.4 Å². The number of pyridine rings is 1. The molecule has 3 heterocycles. The summed E-state index contributed by atoms with van der Waals surface area (Å²) in [6.45, 7) is 0. The first-order valence-corrected chi connectivity index (χ1v) is 22.4. The fourth-order valence-electron chi connectivity index (χ4n) is 10.2. The zero-order valence-electron chi connectivity index (χ0n) is 34.5. The molecule has 0 radical (unpaired) electrons. The van der Waals surface area contributed by atoms with Crippen LogP contribution in [-0.4, -0.2) is 19.9 Å². The van der Waals surface area contributed by atoms with Crippen molar-refractivity contribution < 1.29 is 0 Å².